The van der Waals surface area contributed by atoms with Crippen molar-refractivity contribution in [3.8, 4) is 5.75 Å². The lowest BCUT2D eigenvalue weighted by atomic mass is 9.97. The molecule has 0 amide bonds. The number of ether oxygens (including phenoxy) is 5. The van der Waals surface area contributed by atoms with Crippen LogP contribution in [0.5, 0.6) is 5.75 Å². The quantitative estimate of drug-likeness (QED) is 0.0522. The van der Waals surface area contributed by atoms with Crippen LogP contribution < -0.4 is 0 Å². The van der Waals surface area contributed by atoms with Gasteiger partial charge < -0.3 is 54.3 Å². The molecule has 0 saturated carbocycles. The molecule has 7 N–H and O–H groups in total. The Labute approximate surface area is 261 Å². The fraction of sp³-hybridized carbons (Fsp3) is 0.581. The largest absolute Gasteiger partial charge is 0.508 e. The highest BCUT2D eigenvalue weighted by Gasteiger charge is 2.51. The number of phenolic OH excluding ortho intramolecular Hbond substituents is 1. The van der Waals surface area contributed by atoms with Crippen LogP contribution in [0, 0.1) is 0 Å². The molecule has 0 aliphatic carbocycles. The number of carbonyl (C=O) groups is 1. The first kappa shape index (κ1) is 36.7. The van der Waals surface area contributed by atoms with Crippen molar-refractivity contribution in [2.75, 3.05) is 13.2 Å². The van der Waals surface area contributed by atoms with Crippen LogP contribution in [-0.2, 0) is 33.4 Å². The summed E-state index contributed by atoms with van der Waals surface area (Å²) in [5.74, 6) is -0.755. The van der Waals surface area contributed by atoms with Gasteiger partial charge in [0.2, 0.25) is 0 Å². The minimum absolute atomic E-state index is 0.00516. The van der Waals surface area contributed by atoms with E-state index in [4.69, 9.17) is 28.9 Å². The topological polar surface area (TPSA) is 214 Å². The molecular weight excluding hydrogens is 596 g/mol. The summed E-state index contributed by atoms with van der Waals surface area (Å²) in [5, 5.41) is 71.2. The molecule has 0 radical (unpaired) electrons. The Morgan fingerprint density at radius 2 is 1.67 bits per heavy atom. The van der Waals surface area contributed by atoms with Gasteiger partial charge in [-0.1, -0.05) is 35.9 Å². The van der Waals surface area contributed by atoms with Gasteiger partial charge in [0, 0.05) is 6.08 Å². The normalized spacial score (nSPS) is 33.2. The van der Waals surface area contributed by atoms with E-state index >= 15 is 0 Å². The van der Waals surface area contributed by atoms with Crippen molar-refractivity contribution in [2.24, 2.45) is 0 Å². The molecule has 14 nitrogen and oxygen atoms in total. The van der Waals surface area contributed by atoms with Crippen LogP contribution in [0.4, 0.5) is 0 Å². The number of rotatable bonds is 13. The Balaban J connectivity index is 1.60. The number of phenols is 1. The maximum atomic E-state index is 12.4. The molecule has 1 aromatic rings. The molecule has 0 aromatic heterocycles. The molecule has 0 spiro atoms. The number of allylic oxidation sites excluding steroid dienone is 2. The molecule has 0 unspecified atom stereocenters. The van der Waals surface area contributed by atoms with E-state index in [1.54, 1.807) is 44.2 Å². The highest BCUT2D eigenvalue weighted by atomic mass is 17.1. The third-order valence-corrected chi connectivity index (χ3v) is 7.33. The summed E-state index contributed by atoms with van der Waals surface area (Å²) in [7, 11) is 0. The number of aliphatic hydroxyl groups is 5. The molecule has 252 valence electrons. The van der Waals surface area contributed by atoms with E-state index in [1.807, 2.05) is 6.92 Å². The zero-order valence-electron chi connectivity index (χ0n) is 25.6. The van der Waals surface area contributed by atoms with E-state index in [1.165, 1.54) is 25.1 Å². The van der Waals surface area contributed by atoms with Crippen LogP contribution in [0.25, 0.3) is 6.08 Å². The molecule has 2 heterocycles. The predicted octanol–water partition coefficient (Wildman–Crippen LogP) is 0.785. The second kappa shape index (κ2) is 16.7. The van der Waals surface area contributed by atoms with Gasteiger partial charge in [-0.15, -0.1) is 0 Å². The van der Waals surface area contributed by atoms with E-state index in [0.717, 1.165) is 11.6 Å². The Morgan fingerprint density at radius 1 is 0.978 bits per heavy atom. The minimum Gasteiger partial charge on any atom is -0.508 e. The van der Waals surface area contributed by atoms with Crippen LogP contribution in [-0.4, -0.2) is 122 Å². The summed E-state index contributed by atoms with van der Waals surface area (Å²) >= 11 is 0. The SMILES string of the molecule is C/C(=C\CO[C@@H]1O[C@H](CO)[C@@H](O)[C@H](O[C@@H]2O[C@@H](C)[C@H](OC(=O)/C=C\c3ccc(O)cc3)[C@@H](O)[C@H]2O)[C@H]1O)C/C=C/C(C)(C)OO. The average molecular weight is 641 g/mol. The lowest BCUT2D eigenvalue weighted by molar-refractivity contribution is -0.356. The smallest absolute Gasteiger partial charge is 0.331 e. The van der Waals surface area contributed by atoms with Crippen LogP contribution in [0.3, 0.4) is 0 Å². The molecule has 1 aromatic carbocycles. The molecule has 14 heteroatoms. The molecule has 2 aliphatic heterocycles. The predicted molar refractivity (Wildman–Crippen MR) is 157 cm³/mol. The molecule has 2 saturated heterocycles. The number of hydrogen-bond donors (Lipinski definition) is 7. The van der Waals surface area contributed by atoms with E-state index in [-0.39, 0.29) is 12.4 Å². The third kappa shape index (κ3) is 10.4. The zero-order chi connectivity index (χ0) is 33.3. The number of carbonyl (C=O) groups excluding carboxylic acids is 1. The van der Waals surface area contributed by atoms with E-state index < -0.39 is 79.6 Å². The summed E-state index contributed by atoms with van der Waals surface area (Å²) in [5.41, 5.74) is 0.666. The van der Waals surface area contributed by atoms with Gasteiger partial charge in [-0.3, -0.25) is 5.26 Å². The molecule has 10 atom stereocenters. The van der Waals surface area contributed by atoms with Crippen LogP contribution in [0.2, 0.25) is 0 Å². The lowest BCUT2D eigenvalue weighted by Crippen LogP contribution is -2.64. The summed E-state index contributed by atoms with van der Waals surface area (Å²) < 4.78 is 27.9. The molecular formula is C31H44O14. The average Bonchev–Trinajstić information content (AvgIpc) is 3.00. The van der Waals surface area contributed by atoms with Crippen LogP contribution >= 0.6 is 0 Å². The zero-order valence-corrected chi connectivity index (χ0v) is 25.6. The Hall–Kier alpha value is -2.73. The first-order valence-electron chi connectivity index (χ1n) is 14.5. The summed E-state index contributed by atoms with van der Waals surface area (Å²) in [6, 6.07) is 6.05. The lowest BCUT2D eigenvalue weighted by Gasteiger charge is -2.46. The standard InChI is InChI=1S/C31H44O14/c1-17(6-5-14-31(3,4)45-39)13-15-40-29-26(38)28(23(35)21(16-32)42-29)44-30-25(37)24(36)27(18(2)41-30)43-22(34)12-9-19-7-10-20(33)11-8-19/h5,7-14,18,21,23-30,32-33,35-39H,6,15-16H2,1-4H3/b12-9-,14-5+,17-13+/t18-,21+,23+,24-,25+,26+,27-,28-,29+,30-/m0/s1. The van der Waals surface area contributed by atoms with Crippen molar-refractivity contribution in [2.45, 2.75) is 101 Å². The van der Waals surface area contributed by atoms with Gasteiger partial charge in [-0.05, 0) is 57.9 Å². The third-order valence-electron chi connectivity index (χ3n) is 7.33. The Bertz CT molecular complexity index is 1170. The molecule has 45 heavy (non-hydrogen) atoms. The number of benzene rings is 1. The van der Waals surface area contributed by atoms with Gasteiger partial charge in [-0.2, -0.15) is 0 Å². The van der Waals surface area contributed by atoms with Crippen molar-refractivity contribution in [3.05, 3.63) is 59.7 Å². The maximum absolute atomic E-state index is 12.4. The van der Waals surface area contributed by atoms with E-state index in [9.17, 15) is 35.4 Å². The number of esters is 1. The fourth-order valence-electron chi connectivity index (χ4n) is 4.64. The van der Waals surface area contributed by atoms with Gasteiger partial charge in [0.1, 0.15) is 48.0 Å². The van der Waals surface area contributed by atoms with E-state index in [2.05, 4.69) is 4.89 Å². The van der Waals surface area contributed by atoms with Gasteiger partial charge in [-0.25, -0.2) is 9.68 Å². The second-order valence-electron chi connectivity index (χ2n) is 11.5. The first-order valence-corrected chi connectivity index (χ1v) is 14.5. The second-order valence-corrected chi connectivity index (χ2v) is 11.5. The summed E-state index contributed by atoms with van der Waals surface area (Å²) in [6.07, 6.45) is -6.11. The van der Waals surface area contributed by atoms with Crippen LogP contribution in [0.1, 0.15) is 39.7 Å². The molecule has 3 rings (SSSR count). The van der Waals surface area contributed by atoms with Crippen molar-refractivity contribution in [1.29, 1.82) is 0 Å². The van der Waals surface area contributed by atoms with Gasteiger partial charge in [0.25, 0.3) is 0 Å². The molecule has 2 fully saturated rings. The highest BCUT2D eigenvalue weighted by molar-refractivity contribution is 5.87. The Kier molecular flexibility index (Phi) is 13.6. The first-order chi connectivity index (χ1) is 21.3. The van der Waals surface area contributed by atoms with Gasteiger partial charge in [0.05, 0.1) is 19.3 Å². The van der Waals surface area contributed by atoms with E-state index in [0.29, 0.717) is 12.0 Å². The van der Waals surface area contributed by atoms with Crippen LogP contribution in [0.15, 0.2) is 54.1 Å². The molecule has 2 aliphatic rings. The number of aliphatic hydroxyl groups excluding tert-OH is 5. The molecule has 0 bridgehead atoms. The van der Waals surface area contributed by atoms with Crippen molar-refractivity contribution in [1.82, 2.24) is 0 Å². The van der Waals surface area contributed by atoms with Crippen molar-refractivity contribution < 1.29 is 69.3 Å². The number of aromatic hydroxyl groups is 1. The minimum atomic E-state index is -1.76. The summed E-state index contributed by atoms with van der Waals surface area (Å²) in [4.78, 5) is 16.7. The monoisotopic (exact) mass is 640 g/mol. The number of hydrogen-bond acceptors (Lipinski definition) is 14. The summed E-state index contributed by atoms with van der Waals surface area (Å²) in [6.45, 7) is 6.05. The maximum Gasteiger partial charge on any atom is 0.331 e. The fourth-order valence-corrected chi connectivity index (χ4v) is 4.64. The van der Waals surface area contributed by atoms with Gasteiger partial charge in [0.15, 0.2) is 18.7 Å². The highest BCUT2D eigenvalue weighted by Crippen LogP contribution is 2.30. The van der Waals surface area contributed by atoms with Crippen molar-refractivity contribution in [3.63, 3.8) is 0 Å². The van der Waals surface area contributed by atoms with Gasteiger partial charge >= 0.3 is 5.97 Å². The van der Waals surface area contributed by atoms with Crippen molar-refractivity contribution >= 4 is 12.0 Å². The Morgan fingerprint density at radius 3 is 2.31 bits per heavy atom.